The molecular formula is C34H44ClN3O6S. The van der Waals surface area contributed by atoms with E-state index in [2.05, 4.69) is 14.0 Å². The Morgan fingerprint density at radius 1 is 1.18 bits per heavy atom. The highest BCUT2D eigenvalue weighted by molar-refractivity contribution is 7.92. The second kappa shape index (κ2) is 14.2. The molecule has 1 N–H and O–H groups in total. The Hall–Kier alpha value is -2.92. The van der Waals surface area contributed by atoms with E-state index in [1.165, 1.54) is 5.56 Å². The molecule has 0 saturated heterocycles. The second-order valence-electron chi connectivity index (χ2n) is 12.5. The third-order valence-electron chi connectivity index (χ3n) is 9.06. The zero-order chi connectivity index (χ0) is 32.2. The highest BCUT2D eigenvalue weighted by atomic mass is 35.5. The van der Waals surface area contributed by atoms with Crippen molar-refractivity contribution in [1.29, 1.82) is 0 Å². The summed E-state index contributed by atoms with van der Waals surface area (Å²) in [5.41, 5.74) is 1.60. The number of carbonyl (C=O) groups excluding carboxylic acids is 2. The molecule has 0 aromatic heterocycles. The Kier molecular flexibility index (Phi) is 10.6. The van der Waals surface area contributed by atoms with Gasteiger partial charge in [-0.05, 0) is 99.2 Å². The number of aryl methyl sites for hydroxylation is 1. The fourth-order valence-corrected chi connectivity index (χ4v) is 8.01. The molecule has 5 rings (SSSR count). The van der Waals surface area contributed by atoms with Crippen molar-refractivity contribution in [3.8, 4) is 5.75 Å². The van der Waals surface area contributed by atoms with Gasteiger partial charge in [0.2, 0.25) is 5.91 Å². The smallest absolute Gasteiger partial charge is 0.287 e. The maximum atomic E-state index is 14.6. The Bertz CT molecular complexity index is 1570. The summed E-state index contributed by atoms with van der Waals surface area (Å²) in [5.74, 6) is 0.0919. The van der Waals surface area contributed by atoms with Crippen molar-refractivity contribution in [3.05, 3.63) is 64.7 Å². The van der Waals surface area contributed by atoms with E-state index >= 15 is 0 Å². The van der Waals surface area contributed by atoms with Crippen LogP contribution in [-0.2, 0) is 42.0 Å². The summed E-state index contributed by atoms with van der Waals surface area (Å²) in [4.78, 5) is 28.7. The summed E-state index contributed by atoms with van der Waals surface area (Å²) in [6.45, 7) is 6.82. The first-order valence-corrected chi connectivity index (χ1v) is 17.7. The Labute approximate surface area is 272 Å². The molecule has 2 aromatic carbocycles. The molecular weight excluding hydrogens is 614 g/mol. The van der Waals surface area contributed by atoms with Crippen LogP contribution in [0, 0.1) is 11.8 Å². The number of halogens is 1. The molecule has 0 spiro atoms. The number of amides is 2. The van der Waals surface area contributed by atoms with Crippen molar-refractivity contribution >= 4 is 39.0 Å². The van der Waals surface area contributed by atoms with Crippen LogP contribution in [0.4, 0.5) is 5.69 Å². The molecule has 1 fully saturated rings. The predicted molar refractivity (Wildman–Crippen MR) is 176 cm³/mol. The van der Waals surface area contributed by atoms with Crippen LogP contribution in [0.3, 0.4) is 0 Å². The summed E-state index contributed by atoms with van der Waals surface area (Å²) in [5, 5.41) is 0.702. The molecule has 1 aliphatic carbocycles. The number of carbonyl (C=O) groups is 2. The number of methoxy groups -OCH3 is 1. The monoisotopic (exact) mass is 657 g/mol. The Morgan fingerprint density at radius 3 is 2.73 bits per heavy atom. The fraction of sp³-hybridized carbons (Fsp3) is 0.529. The number of nitrogens with one attached hydrogen (secondary N) is 1. The van der Waals surface area contributed by atoms with Gasteiger partial charge in [0.1, 0.15) is 18.0 Å². The van der Waals surface area contributed by atoms with Gasteiger partial charge in [-0.1, -0.05) is 36.7 Å². The van der Waals surface area contributed by atoms with E-state index in [9.17, 15) is 13.8 Å². The molecule has 45 heavy (non-hydrogen) atoms. The summed E-state index contributed by atoms with van der Waals surface area (Å²) < 4.78 is 39.6. The zero-order valence-electron chi connectivity index (χ0n) is 26.6. The van der Waals surface area contributed by atoms with E-state index < -0.39 is 27.3 Å². The molecule has 2 heterocycles. The SMILES string of the molecule is CCC(=O)N[S@]1(=O)=NC(=O)C(C)(C)OC/C=C/[C@H](OC)[C@@H]2CC[C@H]2CN2CCCCc3cc(Cl)ccc3COc3ccc1cc32. The first kappa shape index (κ1) is 33.4. The molecule has 2 amide bonds. The number of hydrogen-bond acceptors (Lipinski definition) is 7. The van der Waals surface area contributed by atoms with E-state index in [1.54, 1.807) is 46.1 Å². The Morgan fingerprint density at radius 2 is 2.00 bits per heavy atom. The minimum Gasteiger partial charge on any atom is -0.487 e. The molecule has 3 aliphatic rings. The van der Waals surface area contributed by atoms with Crippen molar-refractivity contribution in [2.24, 2.45) is 16.2 Å². The van der Waals surface area contributed by atoms with Crippen molar-refractivity contribution in [3.63, 3.8) is 0 Å². The van der Waals surface area contributed by atoms with E-state index in [-0.39, 0.29) is 24.0 Å². The average molecular weight is 658 g/mol. The van der Waals surface area contributed by atoms with Gasteiger partial charge in [-0.15, -0.1) is 4.36 Å². The quantitative estimate of drug-likeness (QED) is 0.388. The van der Waals surface area contributed by atoms with Crippen LogP contribution in [0.1, 0.15) is 64.0 Å². The highest BCUT2D eigenvalue weighted by Gasteiger charge is 2.38. The third-order valence-corrected chi connectivity index (χ3v) is 11.1. The number of rotatable bonds is 3. The van der Waals surface area contributed by atoms with Crippen molar-refractivity contribution in [2.75, 3.05) is 31.7 Å². The van der Waals surface area contributed by atoms with Crippen LogP contribution in [0.25, 0.3) is 0 Å². The topological polar surface area (TPSA) is 107 Å². The minimum atomic E-state index is -3.71. The first-order chi connectivity index (χ1) is 21.5. The van der Waals surface area contributed by atoms with E-state index in [4.69, 9.17) is 25.8 Å². The highest BCUT2D eigenvalue weighted by Crippen LogP contribution is 2.42. The van der Waals surface area contributed by atoms with Gasteiger partial charge >= 0.3 is 0 Å². The van der Waals surface area contributed by atoms with Gasteiger partial charge < -0.3 is 19.1 Å². The summed E-state index contributed by atoms with van der Waals surface area (Å²) >= 11 is 6.35. The number of fused-ring (bicyclic) bond motifs is 3. The van der Waals surface area contributed by atoms with Crippen LogP contribution in [0.2, 0.25) is 5.02 Å². The molecule has 2 aromatic rings. The maximum Gasteiger partial charge on any atom is 0.287 e. The van der Waals surface area contributed by atoms with Gasteiger partial charge in [0.05, 0.1) is 23.3 Å². The average Bonchev–Trinajstić information content (AvgIpc) is 3.03. The standard InChI is InChI=1S/C34H44ClN3O6S/c1-5-32(39)36-45(41)27-14-16-31-29(20-27)38(17-7-6-9-23-19-26(35)13-11-25(23)22-43-31)21-24-12-15-28(24)30(42-4)10-8-18-44-34(2,3)33(40)37-45/h8,10-11,13-14,16,19-20,24,28,30H,5-7,9,12,15,17-18,21-22H2,1-4H3,(H,36,37,39,40,41)/b10-8+/t24-,28+,30-,45-/m0/s1. The molecule has 11 heteroatoms. The fourth-order valence-electron chi connectivity index (χ4n) is 6.12. The van der Waals surface area contributed by atoms with Gasteiger partial charge in [-0.2, -0.15) is 0 Å². The minimum absolute atomic E-state index is 0.0821. The second-order valence-corrected chi connectivity index (χ2v) is 14.8. The first-order valence-electron chi connectivity index (χ1n) is 15.8. The number of nitrogens with zero attached hydrogens (tertiary/aromatic N) is 2. The zero-order valence-corrected chi connectivity index (χ0v) is 28.1. The lowest BCUT2D eigenvalue weighted by molar-refractivity contribution is -0.137. The lowest BCUT2D eigenvalue weighted by atomic mass is 9.70. The van der Waals surface area contributed by atoms with Gasteiger partial charge in [-0.3, -0.25) is 14.3 Å². The van der Waals surface area contributed by atoms with Gasteiger partial charge in [0, 0.05) is 31.6 Å². The molecule has 244 valence electrons. The van der Waals surface area contributed by atoms with Gasteiger partial charge in [0.25, 0.3) is 5.91 Å². The number of anilines is 1. The molecule has 9 nitrogen and oxygen atoms in total. The molecule has 4 atom stereocenters. The van der Waals surface area contributed by atoms with Crippen molar-refractivity contribution in [2.45, 2.75) is 82.5 Å². The molecule has 2 bridgehead atoms. The predicted octanol–water partition coefficient (Wildman–Crippen LogP) is 6.26. The van der Waals surface area contributed by atoms with Crippen LogP contribution in [0.15, 0.2) is 57.8 Å². The van der Waals surface area contributed by atoms with Crippen molar-refractivity contribution in [1.82, 2.24) is 4.72 Å². The lowest BCUT2D eigenvalue weighted by Crippen LogP contribution is -2.44. The van der Waals surface area contributed by atoms with Gasteiger partial charge in [-0.25, -0.2) is 4.21 Å². The summed E-state index contributed by atoms with van der Waals surface area (Å²) in [7, 11) is -1.98. The van der Waals surface area contributed by atoms with Crippen molar-refractivity contribution < 1.29 is 28.0 Å². The number of hydrogen-bond donors (Lipinski definition) is 1. The molecule has 0 unspecified atom stereocenters. The van der Waals surface area contributed by atoms with E-state index in [0.29, 0.717) is 29.2 Å². The maximum absolute atomic E-state index is 14.6. The third kappa shape index (κ3) is 7.73. The van der Waals surface area contributed by atoms with Crippen LogP contribution >= 0.6 is 11.6 Å². The van der Waals surface area contributed by atoms with E-state index in [1.807, 2.05) is 30.4 Å². The van der Waals surface area contributed by atoms with Crippen LogP contribution < -0.4 is 14.4 Å². The van der Waals surface area contributed by atoms with Gasteiger partial charge in [0.15, 0.2) is 9.92 Å². The normalized spacial score (nSPS) is 27.7. The summed E-state index contributed by atoms with van der Waals surface area (Å²) in [6, 6.07) is 11.1. The van der Waals surface area contributed by atoms with Crippen LogP contribution in [0.5, 0.6) is 5.75 Å². The molecule has 0 radical (unpaired) electrons. The lowest BCUT2D eigenvalue weighted by Gasteiger charge is -2.43. The van der Waals surface area contributed by atoms with Crippen LogP contribution in [-0.4, -0.2) is 54.5 Å². The largest absolute Gasteiger partial charge is 0.487 e. The Balaban J connectivity index is 1.65. The molecule has 1 saturated carbocycles. The molecule has 2 aliphatic heterocycles. The number of benzene rings is 2. The summed E-state index contributed by atoms with van der Waals surface area (Å²) in [6.07, 6.45) is 8.73. The van der Waals surface area contributed by atoms with E-state index in [0.717, 1.165) is 56.4 Å². The number of ether oxygens (including phenoxy) is 3.